The summed E-state index contributed by atoms with van der Waals surface area (Å²) in [5, 5.41) is 8.07. The molecule has 1 aromatic carbocycles. The largest absolute Gasteiger partial charge is 0.377 e. The third kappa shape index (κ3) is 3.17. The fourth-order valence-electron chi connectivity index (χ4n) is 2.73. The van der Waals surface area contributed by atoms with E-state index in [4.69, 9.17) is 4.74 Å². The van der Waals surface area contributed by atoms with Crippen LogP contribution in [0.25, 0.3) is 5.69 Å². The predicted molar refractivity (Wildman–Crippen MR) is 81.9 cm³/mol. The van der Waals surface area contributed by atoms with Crippen molar-refractivity contribution in [3.8, 4) is 5.69 Å². The molecular weight excluding hydrogens is 280 g/mol. The number of ether oxygens (including phenoxy) is 1. The average molecular weight is 300 g/mol. The lowest BCUT2D eigenvalue weighted by Crippen LogP contribution is -2.43. The van der Waals surface area contributed by atoms with Crippen molar-refractivity contribution in [1.29, 1.82) is 0 Å². The van der Waals surface area contributed by atoms with Crippen molar-refractivity contribution in [3.63, 3.8) is 0 Å². The molecule has 1 fully saturated rings. The summed E-state index contributed by atoms with van der Waals surface area (Å²) < 4.78 is 7.26. The lowest BCUT2D eigenvalue weighted by atomic mass is 10.1. The summed E-state index contributed by atoms with van der Waals surface area (Å²) in [6.45, 7) is 4.04. The van der Waals surface area contributed by atoms with Crippen molar-refractivity contribution >= 4 is 5.91 Å². The quantitative estimate of drug-likeness (QED) is 0.865. The van der Waals surface area contributed by atoms with Gasteiger partial charge in [0, 0.05) is 19.7 Å². The van der Waals surface area contributed by atoms with Crippen LogP contribution >= 0.6 is 0 Å². The molecule has 1 saturated heterocycles. The van der Waals surface area contributed by atoms with E-state index in [-0.39, 0.29) is 12.0 Å². The van der Waals surface area contributed by atoms with Gasteiger partial charge in [-0.2, -0.15) is 0 Å². The number of benzene rings is 1. The van der Waals surface area contributed by atoms with Crippen molar-refractivity contribution in [2.75, 3.05) is 19.7 Å². The van der Waals surface area contributed by atoms with Gasteiger partial charge in [0.1, 0.15) is 0 Å². The second-order valence-electron chi connectivity index (χ2n) is 5.35. The minimum atomic E-state index is -0.0772. The van der Waals surface area contributed by atoms with Gasteiger partial charge < -0.3 is 9.64 Å². The van der Waals surface area contributed by atoms with Crippen molar-refractivity contribution in [2.24, 2.45) is 0 Å². The molecule has 0 bridgehead atoms. The summed E-state index contributed by atoms with van der Waals surface area (Å²) in [5.74, 6) is -0.0772. The highest BCUT2D eigenvalue weighted by atomic mass is 16.5. The van der Waals surface area contributed by atoms with Gasteiger partial charge in [-0.25, -0.2) is 4.68 Å². The lowest BCUT2D eigenvalue weighted by molar-refractivity contribution is 0.00703. The molecule has 1 aliphatic heterocycles. The molecule has 1 amide bonds. The van der Waals surface area contributed by atoms with Gasteiger partial charge in [0.2, 0.25) is 0 Å². The highest BCUT2D eigenvalue weighted by Gasteiger charge is 2.26. The Bertz CT molecular complexity index is 624. The van der Waals surface area contributed by atoms with Crippen LogP contribution in [-0.2, 0) is 4.74 Å². The molecule has 0 spiro atoms. The molecule has 0 aliphatic carbocycles. The van der Waals surface area contributed by atoms with Gasteiger partial charge in [-0.15, -0.1) is 5.10 Å². The second-order valence-corrected chi connectivity index (χ2v) is 5.35. The molecule has 3 rings (SSSR count). The highest BCUT2D eigenvalue weighted by molar-refractivity contribution is 5.92. The maximum atomic E-state index is 12.5. The van der Waals surface area contributed by atoms with E-state index in [0.717, 1.165) is 25.1 Å². The summed E-state index contributed by atoms with van der Waals surface area (Å²) in [7, 11) is 0. The summed E-state index contributed by atoms with van der Waals surface area (Å²) in [6.07, 6.45) is 3.78. The first-order chi connectivity index (χ1) is 10.8. The number of para-hydroxylation sites is 1. The molecule has 22 heavy (non-hydrogen) atoms. The number of hydrogen-bond acceptors (Lipinski definition) is 4. The van der Waals surface area contributed by atoms with Gasteiger partial charge in [0.05, 0.1) is 18.0 Å². The molecule has 6 heteroatoms. The number of rotatable bonds is 4. The van der Waals surface area contributed by atoms with Crippen LogP contribution < -0.4 is 0 Å². The van der Waals surface area contributed by atoms with Crippen molar-refractivity contribution < 1.29 is 9.53 Å². The number of likely N-dealkylation sites (tertiary alicyclic amines) is 1. The van der Waals surface area contributed by atoms with E-state index >= 15 is 0 Å². The second kappa shape index (κ2) is 6.70. The standard InChI is InChI=1S/C16H20N4O2/c1-2-22-14-9-6-10-19(11-14)16(21)15-12-20(18-17-15)13-7-4-3-5-8-13/h3-5,7-8,12,14H,2,6,9-11H2,1H3. The van der Waals surface area contributed by atoms with Crippen molar-refractivity contribution in [3.05, 3.63) is 42.2 Å². The number of amides is 1. The van der Waals surface area contributed by atoms with E-state index < -0.39 is 0 Å². The Labute approximate surface area is 129 Å². The van der Waals surface area contributed by atoms with Crippen molar-refractivity contribution in [1.82, 2.24) is 19.9 Å². The molecule has 0 radical (unpaired) electrons. The predicted octanol–water partition coefficient (Wildman–Crippen LogP) is 1.91. The van der Waals surface area contributed by atoms with E-state index in [1.807, 2.05) is 42.2 Å². The molecule has 2 aromatic rings. The Morgan fingerprint density at radius 2 is 2.18 bits per heavy atom. The Morgan fingerprint density at radius 1 is 1.36 bits per heavy atom. The van der Waals surface area contributed by atoms with E-state index in [2.05, 4.69) is 10.3 Å². The van der Waals surface area contributed by atoms with Gasteiger partial charge in [-0.3, -0.25) is 4.79 Å². The molecule has 1 atom stereocenters. The van der Waals surface area contributed by atoms with Crippen molar-refractivity contribution in [2.45, 2.75) is 25.9 Å². The van der Waals surface area contributed by atoms with Gasteiger partial charge in [0.15, 0.2) is 5.69 Å². The van der Waals surface area contributed by atoms with Crippen LogP contribution in [0, 0.1) is 0 Å². The Balaban J connectivity index is 1.71. The van der Waals surface area contributed by atoms with Crippen LogP contribution in [0.15, 0.2) is 36.5 Å². The maximum Gasteiger partial charge on any atom is 0.276 e. The zero-order valence-corrected chi connectivity index (χ0v) is 12.7. The Kier molecular flexibility index (Phi) is 4.48. The first-order valence-electron chi connectivity index (χ1n) is 7.66. The van der Waals surface area contributed by atoms with E-state index in [1.54, 1.807) is 10.9 Å². The average Bonchev–Trinajstić information content (AvgIpc) is 3.05. The molecule has 0 N–H and O–H groups in total. The monoisotopic (exact) mass is 300 g/mol. The number of carbonyl (C=O) groups is 1. The molecular formula is C16H20N4O2. The maximum absolute atomic E-state index is 12.5. The fraction of sp³-hybridized carbons (Fsp3) is 0.438. The number of nitrogens with zero attached hydrogens (tertiary/aromatic N) is 4. The first kappa shape index (κ1) is 14.7. The number of piperidine rings is 1. The minimum absolute atomic E-state index is 0.0772. The number of aromatic nitrogens is 3. The summed E-state index contributed by atoms with van der Waals surface area (Å²) in [6, 6.07) is 9.64. The van der Waals surface area contributed by atoms with Crippen LogP contribution in [0.2, 0.25) is 0 Å². The van der Waals surface area contributed by atoms with Crippen LogP contribution in [-0.4, -0.2) is 51.6 Å². The van der Waals surface area contributed by atoms with Crippen LogP contribution in [0.4, 0.5) is 0 Å². The Morgan fingerprint density at radius 3 is 2.95 bits per heavy atom. The molecule has 6 nitrogen and oxygen atoms in total. The van der Waals surface area contributed by atoms with Gasteiger partial charge in [0.25, 0.3) is 5.91 Å². The molecule has 1 aromatic heterocycles. The molecule has 1 aliphatic rings. The minimum Gasteiger partial charge on any atom is -0.377 e. The first-order valence-corrected chi connectivity index (χ1v) is 7.66. The van der Waals surface area contributed by atoms with Crippen LogP contribution in [0.5, 0.6) is 0 Å². The third-order valence-electron chi connectivity index (χ3n) is 3.80. The number of carbonyl (C=O) groups excluding carboxylic acids is 1. The molecule has 2 heterocycles. The van der Waals surface area contributed by atoms with E-state index in [1.165, 1.54) is 0 Å². The summed E-state index contributed by atoms with van der Waals surface area (Å²) >= 11 is 0. The van der Waals surface area contributed by atoms with Gasteiger partial charge in [-0.05, 0) is 31.9 Å². The zero-order valence-electron chi connectivity index (χ0n) is 12.7. The Hall–Kier alpha value is -2.21. The summed E-state index contributed by atoms with van der Waals surface area (Å²) in [5.41, 5.74) is 1.26. The zero-order chi connectivity index (χ0) is 15.4. The van der Waals surface area contributed by atoms with Crippen LogP contribution in [0.3, 0.4) is 0 Å². The summed E-state index contributed by atoms with van der Waals surface area (Å²) in [4.78, 5) is 14.4. The molecule has 1 unspecified atom stereocenters. The SMILES string of the molecule is CCOC1CCCN(C(=O)c2cn(-c3ccccc3)nn2)C1. The molecule has 0 saturated carbocycles. The van der Waals surface area contributed by atoms with Gasteiger partial charge in [-0.1, -0.05) is 23.4 Å². The fourth-order valence-corrected chi connectivity index (χ4v) is 2.73. The topological polar surface area (TPSA) is 60.2 Å². The van der Waals surface area contributed by atoms with Gasteiger partial charge >= 0.3 is 0 Å². The third-order valence-corrected chi connectivity index (χ3v) is 3.80. The lowest BCUT2D eigenvalue weighted by Gasteiger charge is -2.31. The van der Waals surface area contributed by atoms with E-state index in [9.17, 15) is 4.79 Å². The van der Waals surface area contributed by atoms with Crippen LogP contribution in [0.1, 0.15) is 30.3 Å². The normalized spacial score (nSPS) is 18.4. The smallest absolute Gasteiger partial charge is 0.276 e. The molecule has 116 valence electrons. The van der Waals surface area contributed by atoms with E-state index in [0.29, 0.717) is 18.8 Å². The number of hydrogen-bond donors (Lipinski definition) is 0. The highest BCUT2D eigenvalue weighted by Crippen LogP contribution is 2.16.